The SMILES string of the molecule is Cc1ccc(/C=C/C(=O)N2CCO[C@H](C(=O)O)C2)cc1. The molecule has 1 N–H and O–H groups in total. The summed E-state index contributed by atoms with van der Waals surface area (Å²) in [5, 5.41) is 8.89. The van der Waals surface area contributed by atoms with E-state index in [2.05, 4.69) is 0 Å². The minimum Gasteiger partial charge on any atom is -0.479 e. The van der Waals surface area contributed by atoms with Crippen LogP contribution in [-0.4, -0.2) is 47.7 Å². The standard InChI is InChI=1S/C15H17NO4/c1-11-2-4-12(5-3-11)6-7-14(17)16-8-9-20-13(10-16)15(18)19/h2-7,13H,8-10H2,1H3,(H,18,19)/b7-6+/t13-/m0/s1. The highest BCUT2D eigenvalue weighted by atomic mass is 16.5. The third-order valence-electron chi connectivity index (χ3n) is 3.15. The molecule has 1 aliphatic heterocycles. The zero-order valence-electron chi connectivity index (χ0n) is 11.3. The van der Waals surface area contributed by atoms with Crippen molar-refractivity contribution in [1.29, 1.82) is 0 Å². The third kappa shape index (κ3) is 3.68. The molecule has 1 heterocycles. The first-order valence-corrected chi connectivity index (χ1v) is 6.44. The smallest absolute Gasteiger partial charge is 0.334 e. The topological polar surface area (TPSA) is 66.8 Å². The number of hydrogen-bond acceptors (Lipinski definition) is 3. The lowest BCUT2D eigenvalue weighted by atomic mass is 10.1. The maximum Gasteiger partial charge on any atom is 0.334 e. The summed E-state index contributed by atoms with van der Waals surface area (Å²) in [6.07, 6.45) is 2.27. The van der Waals surface area contributed by atoms with Crippen LogP contribution in [0.25, 0.3) is 6.08 Å². The van der Waals surface area contributed by atoms with Crippen LogP contribution in [0.1, 0.15) is 11.1 Å². The van der Waals surface area contributed by atoms with Crippen molar-refractivity contribution in [3.05, 3.63) is 41.5 Å². The molecule has 2 rings (SSSR count). The molecule has 1 saturated heterocycles. The largest absolute Gasteiger partial charge is 0.479 e. The van der Waals surface area contributed by atoms with Crippen molar-refractivity contribution in [2.75, 3.05) is 19.7 Å². The van der Waals surface area contributed by atoms with Crippen LogP contribution in [0.2, 0.25) is 0 Å². The van der Waals surface area contributed by atoms with Crippen LogP contribution >= 0.6 is 0 Å². The molecule has 1 fully saturated rings. The minimum absolute atomic E-state index is 0.0897. The first kappa shape index (κ1) is 14.3. The first-order valence-electron chi connectivity index (χ1n) is 6.44. The highest BCUT2D eigenvalue weighted by Gasteiger charge is 2.27. The van der Waals surface area contributed by atoms with Gasteiger partial charge in [0.1, 0.15) is 0 Å². The Morgan fingerprint density at radius 3 is 2.70 bits per heavy atom. The van der Waals surface area contributed by atoms with Crippen molar-refractivity contribution in [2.24, 2.45) is 0 Å². The Morgan fingerprint density at radius 2 is 2.05 bits per heavy atom. The van der Waals surface area contributed by atoms with Gasteiger partial charge in [0.15, 0.2) is 6.10 Å². The van der Waals surface area contributed by atoms with E-state index < -0.39 is 12.1 Å². The van der Waals surface area contributed by atoms with Gasteiger partial charge >= 0.3 is 5.97 Å². The second kappa shape index (κ2) is 6.34. The van der Waals surface area contributed by atoms with Crippen molar-refractivity contribution in [1.82, 2.24) is 4.90 Å². The number of hydrogen-bond donors (Lipinski definition) is 1. The fourth-order valence-corrected chi connectivity index (χ4v) is 1.95. The summed E-state index contributed by atoms with van der Waals surface area (Å²) in [5.74, 6) is -1.23. The van der Waals surface area contributed by atoms with Gasteiger partial charge in [-0.25, -0.2) is 4.79 Å². The van der Waals surface area contributed by atoms with Gasteiger partial charge in [0, 0.05) is 12.6 Å². The molecule has 0 aromatic heterocycles. The quantitative estimate of drug-likeness (QED) is 0.845. The summed E-state index contributed by atoms with van der Waals surface area (Å²) in [7, 11) is 0. The van der Waals surface area contributed by atoms with E-state index in [0.717, 1.165) is 11.1 Å². The zero-order valence-corrected chi connectivity index (χ0v) is 11.3. The Bertz CT molecular complexity index is 521. The number of amides is 1. The van der Waals surface area contributed by atoms with Gasteiger partial charge in [-0.3, -0.25) is 4.79 Å². The molecule has 0 bridgehead atoms. The van der Waals surface area contributed by atoms with E-state index in [1.165, 1.54) is 11.0 Å². The lowest BCUT2D eigenvalue weighted by Crippen LogP contribution is -2.48. The first-order chi connectivity index (χ1) is 9.56. The molecule has 0 unspecified atom stereocenters. The van der Waals surface area contributed by atoms with Crippen molar-refractivity contribution in [3.8, 4) is 0 Å². The molecule has 1 amide bonds. The van der Waals surface area contributed by atoms with Gasteiger partial charge in [-0.2, -0.15) is 0 Å². The fraction of sp³-hybridized carbons (Fsp3) is 0.333. The normalized spacial score (nSPS) is 19.2. The van der Waals surface area contributed by atoms with E-state index in [1.807, 2.05) is 31.2 Å². The van der Waals surface area contributed by atoms with E-state index in [1.54, 1.807) is 6.08 Å². The second-order valence-electron chi connectivity index (χ2n) is 4.73. The number of aliphatic carboxylic acids is 1. The number of benzene rings is 1. The van der Waals surface area contributed by atoms with E-state index in [0.29, 0.717) is 6.54 Å². The van der Waals surface area contributed by atoms with Gasteiger partial charge in [0.05, 0.1) is 13.2 Å². The number of carbonyl (C=O) groups excluding carboxylic acids is 1. The lowest BCUT2D eigenvalue weighted by Gasteiger charge is -2.30. The molecule has 0 radical (unpaired) electrons. The van der Waals surface area contributed by atoms with Crippen molar-refractivity contribution < 1.29 is 19.4 Å². The van der Waals surface area contributed by atoms with Crippen LogP contribution in [-0.2, 0) is 14.3 Å². The van der Waals surface area contributed by atoms with Gasteiger partial charge in [-0.05, 0) is 18.6 Å². The second-order valence-corrected chi connectivity index (χ2v) is 4.73. The summed E-state index contributed by atoms with van der Waals surface area (Å²) in [5.41, 5.74) is 2.10. The molecular weight excluding hydrogens is 258 g/mol. The van der Waals surface area contributed by atoms with E-state index in [9.17, 15) is 9.59 Å². The van der Waals surface area contributed by atoms with Gasteiger partial charge in [0.2, 0.25) is 5.91 Å². The third-order valence-corrected chi connectivity index (χ3v) is 3.15. The van der Waals surface area contributed by atoms with Crippen LogP contribution in [0.5, 0.6) is 0 Å². The fourth-order valence-electron chi connectivity index (χ4n) is 1.95. The molecule has 20 heavy (non-hydrogen) atoms. The maximum atomic E-state index is 12.0. The molecule has 5 heteroatoms. The van der Waals surface area contributed by atoms with Crippen molar-refractivity contribution >= 4 is 18.0 Å². The number of carboxylic acid groups (broad SMARTS) is 1. The molecule has 1 atom stereocenters. The molecule has 0 spiro atoms. The molecule has 1 aromatic carbocycles. The Balaban J connectivity index is 1.97. The van der Waals surface area contributed by atoms with Crippen LogP contribution in [0.15, 0.2) is 30.3 Å². The molecular formula is C15H17NO4. The minimum atomic E-state index is -1.04. The lowest BCUT2D eigenvalue weighted by molar-refractivity contribution is -0.158. The number of carboxylic acids is 1. The Kier molecular flexibility index (Phi) is 4.53. The molecule has 106 valence electrons. The van der Waals surface area contributed by atoms with Crippen LogP contribution < -0.4 is 0 Å². The van der Waals surface area contributed by atoms with Gasteiger partial charge < -0.3 is 14.7 Å². The number of nitrogens with zero attached hydrogens (tertiary/aromatic N) is 1. The predicted octanol–water partition coefficient (Wildman–Crippen LogP) is 1.32. The molecule has 0 aliphatic carbocycles. The van der Waals surface area contributed by atoms with Crippen molar-refractivity contribution in [3.63, 3.8) is 0 Å². The molecule has 5 nitrogen and oxygen atoms in total. The average Bonchev–Trinajstić information content (AvgIpc) is 2.46. The highest BCUT2D eigenvalue weighted by molar-refractivity contribution is 5.92. The number of rotatable bonds is 3. The van der Waals surface area contributed by atoms with Gasteiger partial charge in [-0.15, -0.1) is 0 Å². The van der Waals surface area contributed by atoms with Gasteiger partial charge in [0.25, 0.3) is 0 Å². The summed E-state index contributed by atoms with van der Waals surface area (Å²) in [4.78, 5) is 24.3. The summed E-state index contributed by atoms with van der Waals surface area (Å²) < 4.78 is 5.08. The predicted molar refractivity (Wildman–Crippen MR) is 74.2 cm³/mol. The molecule has 0 saturated carbocycles. The summed E-state index contributed by atoms with van der Waals surface area (Å²) in [6.45, 7) is 2.76. The Morgan fingerprint density at radius 1 is 1.35 bits per heavy atom. The maximum absolute atomic E-state index is 12.0. The Labute approximate surface area is 117 Å². The number of carbonyl (C=O) groups is 2. The average molecular weight is 275 g/mol. The molecule has 1 aromatic rings. The van der Waals surface area contributed by atoms with Crippen LogP contribution in [0, 0.1) is 6.92 Å². The number of morpholine rings is 1. The number of aryl methyl sites for hydroxylation is 1. The van der Waals surface area contributed by atoms with Crippen molar-refractivity contribution in [2.45, 2.75) is 13.0 Å². The van der Waals surface area contributed by atoms with Crippen LogP contribution in [0.3, 0.4) is 0 Å². The van der Waals surface area contributed by atoms with Gasteiger partial charge in [-0.1, -0.05) is 29.8 Å². The number of ether oxygens (including phenoxy) is 1. The summed E-state index contributed by atoms with van der Waals surface area (Å²) in [6, 6.07) is 7.80. The van der Waals surface area contributed by atoms with E-state index in [-0.39, 0.29) is 19.1 Å². The summed E-state index contributed by atoms with van der Waals surface area (Å²) >= 11 is 0. The zero-order chi connectivity index (χ0) is 14.5. The monoisotopic (exact) mass is 275 g/mol. The van der Waals surface area contributed by atoms with E-state index in [4.69, 9.17) is 9.84 Å². The molecule has 1 aliphatic rings. The Hall–Kier alpha value is -2.14. The van der Waals surface area contributed by atoms with E-state index >= 15 is 0 Å². The van der Waals surface area contributed by atoms with Crippen LogP contribution in [0.4, 0.5) is 0 Å². The highest BCUT2D eigenvalue weighted by Crippen LogP contribution is 2.09.